The Kier molecular flexibility index (Phi) is 3.11. The van der Waals surface area contributed by atoms with E-state index >= 15 is 0 Å². The van der Waals surface area contributed by atoms with Gasteiger partial charge in [-0.1, -0.05) is 12.1 Å². The Bertz CT molecular complexity index is 736. The zero-order valence-electron chi connectivity index (χ0n) is 12.4. The minimum Gasteiger partial charge on any atom is -0.508 e. The number of amides is 1. The maximum atomic E-state index is 12.8. The van der Waals surface area contributed by atoms with Crippen molar-refractivity contribution >= 4 is 22.2 Å². The Balaban J connectivity index is 1.76. The number of hydrogen-bond acceptors (Lipinski definition) is 4. The average molecular weight is 314 g/mol. The molecule has 0 saturated heterocycles. The molecule has 0 spiro atoms. The van der Waals surface area contributed by atoms with Crippen molar-refractivity contribution in [3.05, 3.63) is 45.8 Å². The van der Waals surface area contributed by atoms with Gasteiger partial charge in [-0.25, -0.2) is 0 Å². The van der Waals surface area contributed by atoms with Gasteiger partial charge in [0, 0.05) is 11.9 Å². The number of benzene rings is 1. The molecule has 1 aromatic carbocycles. The molecule has 5 heteroatoms. The minimum absolute atomic E-state index is 0.103. The van der Waals surface area contributed by atoms with Gasteiger partial charge in [-0.3, -0.25) is 4.79 Å². The van der Waals surface area contributed by atoms with Crippen LogP contribution < -0.4 is 5.32 Å². The number of phenolic OH excluding ortho intramolecular Hbond substituents is 1. The topological polar surface area (TPSA) is 52.6 Å². The number of hydrogen-bond donors (Lipinski definition) is 2. The third kappa shape index (κ3) is 2.00. The molecule has 0 bridgehead atoms. The molecule has 1 aliphatic carbocycles. The van der Waals surface area contributed by atoms with Crippen LogP contribution in [0.25, 0.3) is 0 Å². The zero-order chi connectivity index (χ0) is 15.3. The van der Waals surface area contributed by atoms with Crippen molar-refractivity contribution in [2.75, 3.05) is 12.4 Å². The Hall–Kier alpha value is -2.01. The predicted molar refractivity (Wildman–Crippen MR) is 87.5 cm³/mol. The fourth-order valence-electron chi connectivity index (χ4n) is 3.37. The van der Waals surface area contributed by atoms with Gasteiger partial charge < -0.3 is 15.3 Å². The first-order chi connectivity index (χ1) is 10.6. The van der Waals surface area contributed by atoms with Crippen LogP contribution in [0.1, 0.15) is 45.4 Å². The quantitative estimate of drug-likeness (QED) is 0.846. The summed E-state index contributed by atoms with van der Waals surface area (Å²) >= 11 is 1.74. The van der Waals surface area contributed by atoms with Gasteiger partial charge in [0.1, 0.15) is 16.9 Å². The zero-order valence-corrected chi connectivity index (χ0v) is 13.2. The second-order valence-corrected chi connectivity index (χ2v) is 7.07. The highest BCUT2D eigenvalue weighted by Crippen LogP contribution is 2.43. The summed E-state index contributed by atoms with van der Waals surface area (Å²) in [5.41, 5.74) is 3.13. The van der Waals surface area contributed by atoms with E-state index in [2.05, 4.69) is 5.32 Å². The number of aromatic hydroxyl groups is 1. The van der Waals surface area contributed by atoms with E-state index < -0.39 is 0 Å². The van der Waals surface area contributed by atoms with Gasteiger partial charge in [0.05, 0.1) is 5.56 Å². The SMILES string of the molecule is CN1C(=O)c2c(sc3c2CCCC3)N[C@@H]1c1ccc(O)cc1. The second-order valence-electron chi connectivity index (χ2n) is 5.97. The van der Waals surface area contributed by atoms with E-state index in [0.29, 0.717) is 0 Å². The molecule has 114 valence electrons. The molecule has 4 rings (SSSR count). The van der Waals surface area contributed by atoms with Crippen molar-refractivity contribution in [3.8, 4) is 5.75 Å². The summed E-state index contributed by atoms with van der Waals surface area (Å²) in [6.45, 7) is 0. The van der Waals surface area contributed by atoms with Gasteiger partial charge in [-0.2, -0.15) is 0 Å². The molecule has 0 unspecified atom stereocenters. The van der Waals surface area contributed by atoms with Crippen LogP contribution in [0.3, 0.4) is 0 Å². The first-order valence-corrected chi connectivity index (χ1v) is 8.44. The molecule has 2 aromatic rings. The molecule has 2 aliphatic rings. The van der Waals surface area contributed by atoms with E-state index in [1.807, 2.05) is 19.2 Å². The summed E-state index contributed by atoms with van der Waals surface area (Å²) in [7, 11) is 1.84. The Morgan fingerprint density at radius 2 is 1.95 bits per heavy atom. The van der Waals surface area contributed by atoms with Crippen LogP contribution in [0.4, 0.5) is 5.00 Å². The molecule has 2 heterocycles. The molecule has 1 aromatic heterocycles. The number of aryl methyl sites for hydroxylation is 1. The van der Waals surface area contributed by atoms with E-state index in [0.717, 1.165) is 29.0 Å². The monoisotopic (exact) mass is 314 g/mol. The molecular formula is C17H18N2O2S. The molecule has 0 saturated carbocycles. The molecule has 22 heavy (non-hydrogen) atoms. The van der Waals surface area contributed by atoms with E-state index in [4.69, 9.17) is 0 Å². The lowest BCUT2D eigenvalue weighted by Crippen LogP contribution is -2.40. The molecule has 0 fully saturated rings. The van der Waals surface area contributed by atoms with Crippen LogP contribution in [-0.2, 0) is 12.8 Å². The number of carbonyl (C=O) groups excluding carboxylic acids is 1. The third-order valence-electron chi connectivity index (χ3n) is 4.57. The summed E-state index contributed by atoms with van der Waals surface area (Å²) in [6.07, 6.45) is 4.33. The number of fused-ring (bicyclic) bond motifs is 3. The summed E-state index contributed by atoms with van der Waals surface area (Å²) in [4.78, 5) is 16.0. The maximum absolute atomic E-state index is 12.8. The van der Waals surface area contributed by atoms with Crippen LogP contribution in [0.15, 0.2) is 24.3 Å². The first-order valence-electron chi connectivity index (χ1n) is 7.62. The highest BCUT2D eigenvalue weighted by molar-refractivity contribution is 7.16. The lowest BCUT2D eigenvalue weighted by Gasteiger charge is -2.34. The number of phenols is 1. The fraction of sp³-hybridized carbons (Fsp3) is 0.353. The second kappa shape index (κ2) is 5.02. The average Bonchev–Trinajstić information content (AvgIpc) is 2.90. The summed E-state index contributed by atoms with van der Waals surface area (Å²) in [6, 6.07) is 7.03. The van der Waals surface area contributed by atoms with Gasteiger partial charge in [0.2, 0.25) is 0 Å². The number of anilines is 1. The Morgan fingerprint density at radius 3 is 2.73 bits per heavy atom. The van der Waals surface area contributed by atoms with Crippen LogP contribution in [0.5, 0.6) is 5.75 Å². The van der Waals surface area contributed by atoms with Crippen LogP contribution in [0, 0.1) is 0 Å². The maximum Gasteiger partial charge on any atom is 0.258 e. The summed E-state index contributed by atoms with van der Waals surface area (Å²) < 4.78 is 0. The third-order valence-corrected chi connectivity index (χ3v) is 5.79. The largest absolute Gasteiger partial charge is 0.508 e. The Labute approximate surface area is 133 Å². The first kappa shape index (κ1) is 13.6. The van der Waals surface area contributed by atoms with Crippen molar-refractivity contribution in [1.29, 1.82) is 0 Å². The molecule has 1 aliphatic heterocycles. The van der Waals surface area contributed by atoms with Gasteiger partial charge >= 0.3 is 0 Å². The van der Waals surface area contributed by atoms with Crippen molar-refractivity contribution < 1.29 is 9.90 Å². The number of carbonyl (C=O) groups is 1. The Morgan fingerprint density at radius 1 is 1.23 bits per heavy atom. The molecule has 0 radical (unpaired) electrons. The van der Waals surface area contributed by atoms with E-state index in [9.17, 15) is 9.90 Å². The van der Waals surface area contributed by atoms with Crippen molar-refractivity contribution in [2.24, 2.45) is 0 Å². The molecule has 1 amide bonds. The fourth-order valence-corrected chi connectivity index (χ4v) is 4.68. The van der Waals surface area contributed by atoms with Crippen LogP contribution >= 0.6 is 11.3 Å². The summed E-state index contributed by atoms with van der Waals surface area (Å²) in [5.74, 6) is 0.340. The number of nitrogens with zero attached hydrogens (tertiary/aromatic N) is 1. The van der Waals surface area contributed by atoms with Crippen molar-refractivity contribution in [3.63, 3.8) is 0 Å². The van der Waals surface area contributed by atoms with Crippen molar-refractivity contribution in [1.82, 2.24) is 4.90 Å². The molecule has 2 N–H and O–H groups in total. The number of nitrogens with one attached hydrogen (secondary N) is 1. The molecule has 4 nitrogen and oxygen atoms in total. The standard InChI is InChI=1S/C17H18N2O2S/c1-19-15(10-6-8-11(20)9-7-10)18-16-14(17(19)21)12-4-2-3-5-13(12)22-16/h6-9,15,18,20H,2-5H2,1H3/t15-/m0/s1. The smallest absolute Gasteiger partial charge is 0.258 e. The lowest BCUT2D eigenvalue weighted by atomic mass is 9.94. The van der Waals surface area contributed by atoms with Crippen LogP contribution in [0.2, 0.25) is 0 Å². The minimum atomic E-state index is -0.180. The van der Waals surface area contributed by atoms with Gasteiger partial charge in [-0.05, 0) is 48.9 Å². The van der Waals surface area contributed by atoms with Crippen LogP contribution in [-0.4, -0.2) is 23.0 Å². The molecular weight excluding hydrogens is 296 g/mol. The lowest BCUT2D eigenvalue weighted by molar-refractivity contribution is 0.0735. The summed E-state index contributed by atoms with van der Waals surface area (Å²) in [5, 5.41) is 14.0. The van der Waals surface area contributed by atoms with Gasteiger partial charge in [0.15, 0.2) is 0 Å². The van der Waals surface area contributed by atoms with E-state index in [1.165, 1.54) is 23.3 Å². The number of rotatable bonds is 1. The van der Waals surface area contributed by atoms with Crippen molar-refractivity contribution in [2.45, 2.75) is 31.8 Å². The van der Waals surface area contributed by atoms with E-state index in [1.54, 1.807) is 28.4 Å². The molecule has 1 atom stereocenters. The normalized spacial score (nSPS) is 20.3. The predicted octanol–water partition coefficient (Wildman–Crippen LogP) is 3.53. The number of thiophene rings is 1. The highest BCUT2D eigenvalue weighted by Gasteiger charge is 2.35. The van der Waals surface area contributed by atoms with E-state index in [-0.39, 0.29) is 17.8 Å². The van der Waals surface area contributed by atoms with Gasteiger partial charge in [-0.15, -0.1) is 11.3 Å². The van der Waals surface area contributed by atoms with Gasteiger partial charge in [0.25, 0.3) is 5.91 Å². The highest BCUT2D eigenvalue weighted by atomic mass is 32.1.